The van der Waals surface area contributed by atoms with E-state index in [0.29, 0.717) is 0 Å². The third-order valence-corrected chi connectivity index (χ3v) is 4.14. The molecule has 0 unspecified atom stereocenters. The molecule has 0 N–H and O–H groups in total. The van der Waals surface area contributed by atoms with E-state index in [-0.39, 0.29) is 0 Å². The van der Waals surface area contributed by atoms with Crippen LogP contribution in [-0.4, -0.2) is 4.98 Å². The van der Waals surface area contributed by atoms with E-state index < -0.39 is 11.7 Å². The Labute approximate surface area is 136 Å². The fourth-order valence-electron chi connectivity index (χ4n) is 2.99. The highest BCUT2D eigenvalue weighted by molar-refractivity contribution is 6.12. The van der Waals surface area contributed by atoms with Crippen LogP contribution in [0.25, 0.3) is 32.8 Å². The molecule has 0 atom stereocenters. The Morgan fingerprint density at radius 3 is 2.17 bits per heavy atom. The van der Waals surface area contributed by atoms with Crippen LogP contribution < -0.4 is 0 Å². The zero-order valence-electron chi connectivity index (χ0n) is 12.5. The maximum atomic E-state index is 12.8. The van der Waals surface area contributed by atoms with Crippen LogP contribution in [0, 0.1) is 0 Å². The van der Waals surface area contributed by atoms with Gasteiger partial charge in [-0.15, -0.1) is 0 Å². The van der Waals surface area contributed by atoms with Crippen molar-refractivity contribution in [2.45, 2.75) is 6.18 Å². The fourth-order valence-corrected chi connectivity index (χ4v) is 2.99. The van der Waals surface area contributed by atoms with Gasteiger partial charge in [0.25, 0.3) is 0 Å². The Morgan fingerprint density at radius 2 is 1.42 bits per heavy atom. The van der Waals surface area contributed by atoms with Crippen molar-refractivity contribution in [2.24, 2.45) is 0 Å². The van der Waals surface area contributed by atoms with Gasteiger partial charge < -0.3 is 0 Å². The first-order valence-electron chi connectivity index (χ1n) is 7.48. The molecule has 0 bridgehead atoms. The van der Waals surface area contributed by atoms with E-state index in [1.54, 1.807) is 6.20 Å². The molecule has 0 saturated carbocycles. The molecule has 0 fully saturated rings. The van der Waals surface area contributed by atoms with Gasteiger partial charge in [-0.1, -0.05) is 48.5 Å². The molecule has 0 radical (unpaired) electrons. The maximum absolute atomic E-state index is 12.8. The monoisotopic (exact) mass is 323 g/mol. The molecule has 0 amide bonds. The van der Waals surface area contributed by atoms with Gasteiger partial charge in [-0.3, -0.25) is 4.98 Å². The summed E-state index contributed by atoms with van der Waals surface area (Å²) < 4.78 is 38.3. The van der Waals surface area contributed by atoms with Crippen molar-refractivity contribution in [3.05, 3.63) is 78.5 Å². The Hall–Kier alpha value is -2.88. The van der Waals surface area contributed by atoms with Crippen LogP contribution in [-0.2, 0) is 6.18 Å². The molecule has 1 nitrogen and oxygen atoms in total. The van der Waals surface area contributed by atoms with Crippen LogP contribution in [0.4, 0.5) is 13.2 Å². The van der Waals surface area contributed by atoms with Gasteiger partial charge in [0.2, 0.25) is 0 Å². The number of hydrogen-bond donors (Lipinski definition) is 0. The normalized spacial score (nSPS) is 12.0. The molecule has 0 aliphatic rings. The topological polar surface area (TPSA) is 12.9 Å². The van der Waals surface area contributed by atoms with Crippen LogP contribution in [0.15, 0.2) is 72.9 Å². The van der Waals surface area contributed by atoms with E-state index in [2.05, 4.69) is 4.98 Å². The molecule has 4 aromatic rings. The average molecular weight is 323 g/mol. The van der Waals surface area contributed by atoms with Gasteiger partial charge >= 0.3 is 6.18 Å². The molecule has 1 heterocycles. The first-order valence-corrected chi connectivity index (χ1v) is 7.48. The zero-order chi connectivity index (χ0) is 16.7. The Kier molecular flexibility index (Phi) is 3.27. The van der Waals surface area contributed by atoms with Crippen LogP contribution in [0.1, 0.15) is 5.56 Å². The Balaban J connectivity index is 1.98. The number of benzene rings is 3. The molecule has 0 spiro atoms. The minimum absolute atomic E-state index is 0.644. The summed E-state index contributed by atoms with van der Waals surface area (Å²) in [6, 6.07) is 18.9. The molecule has 0 aliphatic carbocycles. The summed E-state index contributed by atoms with van der Waals surface area (Å²) in [6.07, 6.45) is -2.60. The number of nitrogens with zero attached hydrogens (tertiary/aromatic N) is 1. The van der Waals surface area contributed by atoms with Gasteiger partial charge in [0, 0.05) is 17.0 Å². The van der Waals surface area contributed by atoms with E-state index in [1.165, 1.54) is 12.1 Å². The SMILES string of the molecule is FC(F)(F)c1ccc(-c2cccc3ccc4cccnc4c23)cc1. The maximum Gasteiger partial charge on any atom is 0.416 e. The van der Waals surface area contributed by atoms with E-state index in [1.807, 2.05) is 42.5 Å². The standard InChI is InChI=1S/C20H12F3N/c21-20(22,23)16-10-8-13(9-11-16)17-5-1-3-14-6-7-15-4-2-12-24-19(15)18(14)17/h1-12H. The quantitative estimate of drug-likeness (QED) is 0.387. The third-order valence-electron chi connectivity index (χ3n) is 4.14. The minimum atomic E-state index is -4.33. The number of hydrogen-bond acceptors (Lipinski definition) is 1. The van der Waals surface area contributed by atoms with Crippen LogP contribution in [0.5, 0.6) is 0 Å². The first-order chi connectivity index (χ1) is 11.5. The molecule has 0 saturated heterocycles. The van der Waals surface area contributed by atoms with Crippen molar-refractivity contribution < 1.29 is 13.2 Å². The first kappa shape index (κ1) is 14.7. The molecule has 4 heteroatoms. The second kappa shape index (κ2) is 5.34. The van der Waals surface area contributed by atoms with Crippen molar-refractivity contribution in [1.82, 2.24) is 4.98 Å². The lowest BCUT2D eigenvalue weighted by atomic mass is 9.95. The summed E-state index contributed by atoms with van der Waals surface area (Å²) in [7, 11) is 0. The third kappa shape index (κ3) is 2.40. The van der Waals surface area contributed by atoms with Gasteiger partial charge in [-0.25, -0.2) is 0 Å². The van der Waals surface area contributed by atoms with Crippen molar-refractivity contribution in [3.63, 3.8) is 0 Å². The number of alkyl halides is 3. The Bertz CT molecular complexity index is 1030. The molecular formula is C20H12F3N. The molecule has 24 heavy (non-hydrogen) atoms. The van der Waals surface area contributed by atoms with Crippen molar-refractivity contribution in [1.29, 1.82) is 0 Å². The fraction of sp³-hybridized carbons (Fsp3) is 0.0500. The van der Waals surface area contributed by atoms with Crippen LogP contribution in [0.3, 0.4) is 0 Å². The Morgan fingerprint density at radius 1 is 0.708 bits per heavy atom. The molecule has 1 aromatic heterocycles. The minimum Gasteiger partial charge on any atom is -0.256 e. The molecule has 0 aliphatic heterocycles. The summed E-state index contributed by atoms with van der Waals surface area (Å²) in [5.74, 6) is 0. The predicted molar refractivity (Wildman–Crippen MR) is 89.7 cm³/mol. The van der Waals surface area contributed by atoms with Gasteiger partial charge in [-0.2, -0.15) is 13.2 Å². The summed E-state index contributed by atoms with van der Waals surface area (Å²) in [6.45, 7) is 0. The molecule has 3 aromatic carbocycles. The zero-order valence-corrected chi connectivity index (χ0v) is 12.5. The van der Waals surface area contributed by atoms with Crippen molar-refractivity contribution >= 4 is 21.7 Å². The smallest absolute Gasteiger partial charge is 0.256 e. The lowest BCUT2D eigenvalue weighted by Gasteiger charge is -2.11. The van der Waals surface area contributed by atoms with Crippen LogP contribution in [0.2, 0.25) is 0 Å². The molecule has 118 valence electrons. The number of aromatic nitrogens is 1. The number of rotatable bonds is 1. The summed E-state index contributed by atoms with van der Waals surface area (Å²) in [4.78, 5) is 4.47. The highest BCUT2D eigenvalue weighted by atomic mass is 19.4. The largest absolute Gasteiger partial charge is 0.416 e. The molecular weight excluding hydrogens is 311 g/mol. The lowest BCUT2D eigenvalue weighted by molar-refractivity contribution is -0.137. The average Bonchev–Trinajstić information content (AvgIpc) is 2.60. The second-order valence-electron chi connectivity index (χ2n) is 5.62. The lowest BCUT2D eigenvalue weighted by Crippen LogP contribution is -2.04. The summed E-state index contributed by atoms with van der Waals surface area (Å²) in [5, 5.41) is 2.97. The summed E-state index contributed by atoms with van der Waals surface area (Å²) in [5.41, 5.74) is 1.83. The van der Waals surface area contributed by atoms with E-state index in [9.17, 15) is 13.2 Å². The predicted octanol–water partition coefficient (Wildman–Crippen LogP) is 6.07. The van der Waals surface area contributed by atoms with Crippen molar-refractivity contribution in [2.75, 3.05) is 0 Å². The van der Waals surface area contributed by atoms with Gasteiger partial charge in [0.15, 0.2) is 0 Å². The molecule has 4 rings (SSSR count). The highest BCUT2D eigenvalue weighted by Crippen LogP contribution is 2.35. The number of halogens is 3. The highest BCUT2D eigenvalue weighted by Gasteiger charge is 2.30. The van der Waals surface area contributed by atoms with Crippen LogP contribution >= 0.6 is 0 Å². The number of fused-ring (bicyclic) bond motifs is 3. The van der Waals surface area contributed by atoms with Crippen molar-refractivity contribution in [3.8, 4) is 11.1 Å². The van der Waals surface area contributed by atoms with E-state index in [4.69, 9.17) is 0 Å². The van der Waals surface area contributed by atoms with E-state index in [0.717, 1.165) is 44.9 Å². The van der Waals surface area contributed by atoms with E-state index >= 15 is 0 Å². The summed E-state index contributed by atoms with van der Waals surface area (Å²) >= 11 is 0. The van der Waals surface area contributed by atoms with Gasteiger partial charge in [0.1, 0.15) is 0 Å². The number of pyridine rings is 1. The van der Waals surface area contributed by atoms with Gasteiger partial charge in [0.05, 0.1) is 11.1 Å². The second-order valence-corrected chi connectivity index (χ2v) is 5.62. The van der Waals surface area contributed by atoms with Gasteiger partial charge in [-0.05, 0) is 34.7 Å².